The second-order valence-electron chi connectivity index (χ2n) is 6.67. The summed E-state index contributed by atoms with van der Waals surface area (Å²) in [6.45, 7) is 0. The number of methoxy groups -OCH3 is 2. The molecule has 27 heavy (non-hydrogen) atoms. The second kappa shape index (κ2) is 6.25. The number of hydrogen-bond acceptors (Lipinski definition) is 6. The molecule has 138 valence electrons. The SMILES string of the molecule is COc1c2c(c(OC)c3ccccc13)[C@@H]1OC(=O)C[C@@H]1O[C@@H]2c1ccsc1. The van der Waals surface area contributed by atoms with Crippen LogP contribution in [-0.2, 0) is 14.3 Å². The van der Waals surface area contributed by atoms with E-state index in [9.17, 15) is 4.79 Å². The monoisotopic (exact) mass is 382 g/mol. The summed E-state index contributed by atoms with van der Waals surface area (Å²) in [7, 11) is 3.31. The highest BCUT2D eigenvalue weighted by atomic mass is 32.1. The summed E-state index contributed by atoms with van der Waals surface area (Å²) in [5.74, 6) is 1.20. The van der Waals surface area contributed by atoms with E-state index >= 15 is 0 Å². The zero-order valence-electron chi connectivity index (χ0n) is 14.9. The highest BCUT2D eigenvalue weighted by molar-refractivity contribution is 7.08. The van der Waals surface area contributed by atoms with Crippen molar-refractivity contribution in [3.05, 3.63) is 57.8 Å². The number of benzene rings is 2. The van der Waals surface area contributed by atoms with Gasteiger partial charge in [0.15, 0.2) is 6.10 Å². The van der Waals surface area contributed by atoms with Crippen LogP contribution in [0.4, 0.5) is 0 Å². The molecule has 5 nitrogen and oxygen atoms in total. The van der Waals surface area contributed by atoms with E-state index < -0.39 is 6.10 Å². The molecular weight excluding hydrogens is 364 g/mol. The standard InChI is InChI=1S/C21H18O5S/c1-23-19-12-5-3-4-6-13(12)20(24-2)17-16(19)18(11-7-8-27-10-11)25-14-9-15(22)26-21(14)17/h3-8,10,14,18,21H,9H2,1-2H3/t14-,18+,21+/m0/s1. The summed E-state index contributed by atoms with van der Waals surface area (Å²) in [5, 5.41) is 5.96. The predicted molar refractivity (Wildman–Crippen MR) is 102 cm³/mol. The van der Waals surface area contributed by atoms with Crippen molar-refractivity contribution >= 4 is 28.1 Å². The van der Waals surface area contributed by atoms with Gasteiger partial charge in [-0.3, -0.25) is 4.79 Å². The number of rotatable bonds is 3. The van der Waals surface area contributed by atoms with Crippen LogP contribution in [0.15, 0.2) is 41.1 Å². The maximum absolute atomic E-state index is 12.1. The first-order chi connectivity index (χ1) is 13.2. The summed E-state index contributed by atoms with van der Waals surface area (Å²) < 4.78 is 23.7. The predicted octanol–water partition coefficient (Wildman–Crippen LogP) is 4.39. The summed E-state index contributed by atoms with van der Waals surface area (Å²) in [5.41, 5.74) is 2.77. The third kappa shape index (κ3) is 2.37. The Morgan fingerprint density at radius 1 is 1.04 bits per heavy atom. The fourth-order valence-corrected chi connectivity index (χ4v) is 4.88. The lowest BCUT2D eigenvalue weighted by Gasteiger charge is -2.35. The molecule has 3 atom stereocenters. The molecule has 0 unspecified atom stereocenters. The molecule has 0 bridgehead atoms. The van der Waals surface area contributed by atoms with Crippen LogP contribution in [0.2, 0.25) is 0 Å². The van der Waals surface area contributed by atoms with E-state index in [1.807, 2.05) is 35.7 Å². The van der Waals surface area contributed by atoms with Gasteiger partial charge in [-0.2, -0.15) is 11.3 Å². The van der Waals surface area contributed by atoms with Crippen LogP contribution in [0, 0.1) is 0 Å². The molecule has 0 spiro atoms. The van der Waals surface area contributed by atoms with Crippen LogP contribution < -0.4 is 9.47 Å². The van der Waals surface area contributed by atoms with Gasteiger partial charge in [-0.15, -0.1) is 0 Å². The minimum absolute atomic E-state index is 0.239. The minimum Gasteiger partial charge on any atom is -0.496 e. The van der Waals surface area contributed by atoms with E-state index in [1.54, 1.807) is 25.6 Å². The van der Waals surface area contributed by atoms with E-state index in [4.69, 9.17) is 18.9 Å². The Balaban J connectivity index is 1.89. The average molecular weight is 382 g/mol. The van der Waals surface area contributed by atoms with Crippen molar-refractivity contribution in [2.24, 2.45) is 0 Å². The Morgan fingerprint density at radius 3 is 2.37 bits per heavy atom. The molecule has 2 aliphatic heterocycles. The maximum Gasteiger partial charge on any atom is 0.309 e. The van der Waals surface area contributed by atoms with Gasteiger partial charge in [-0.1, -0.05) is 24.3 Å². The molecule has 6 heteroatoms. The zero-order valence-corrected chi connectivity index (χ0v) is 15.7. The van der Waals surface area contributed by atoms with Gasteiger partial charge in [-0.25, -0.2) is 0 Å². The lowest BCUT2D eigenvalue weighted by atomic mass is 9.85. The van der Waals surface area contributed by atoms with Gasteiger partial charge < -0.3 is 18.9 Å². The number of carbonyl (C=O) groups excluding carboxylic acids is 1. The molecule has 1 fully saturated rings. The lowest BCUT2D eigenvalue weighted by molar-refractivity contribution is -0.143. The fraction of sp³-hybridized carbons (Fsp3) is 0.286. The maximum atomic E-state index is 12.1. The molecule has 0 N–H and O–H groups in total. The Labute approximate surface area is 160 Å². The third-order valence-corrected chi connectivity index (χ3v) is 5.97. The third-order valence-electron chi connectivity index (χ3n) is 5.27. The van der Waals surface area contributed by atoms with Crippen LogP contribution in [0.5, 0.6) is 11.5 Å². The van der Waals surface area contributed by atoms with E-state index in [-0.39, 0.29) is 24.6 Å². The molecule has 0 aliphatic carbocycles. The number of thiophene rings is 1. The topological polar surface area (TPSA) is 54.0 Å². The van der Waals surface area contributed by atoms with Gasteiger partial charge in [0.1, 0.15) is 23.7 Å². The van der Waals surface area contributed by atoms with Crippen molar-refractivity contribution < 1.29 is 23.7 Å². The van der Waals surface area contributed by atoms with E-state index in [1.165, 1.54) is 0 Å². The van der Waals surface area contributed by atoms with Crippen molar-refractivity contribution in [3.63, 3.8) is 0 Å². The van der Waals surface area contributed by atoms with Gasteiger partial charge in [0, 0.05) is 21.9 Å². The Hall–Kier alpha value is -2.57. The number of carbonyl (C=O) groups is 1. The number of hydrogen-bond donors (Lipinski definition) is 0. The minimum atomic E-state index is -0.490. The molecular formula is C21H18O5S. The summed E-state index contributed by atoms with van der Waals surface area (Å²) >= 11 is 1.61. The fourth-order valence-electron chi connectivity index (χ4n) is 4.21. The summed E-state index contributed by atoms with van der Waals surface area (Å²) in [4.78, 5) is 12.1. The molecule has 1 aromatic heterocycles. The largest absolute Gasteiger partial charge is 0.496 e. The van der Waals surface area contributed by atoms with Gasteiger partial charge in [0.2, 0.25) is 0 Å². The van der Waals surface area contributed by atoms with Crippen LogP contribution >= 0.6 is 11.3 Å². The number of fused-ring (bicyclic) bond motifs is 4. The van der Waals surface area contributed by atoms with Crippen molar-refractivity contribution in [1.29, 1.82) is 0 Å². The quantitative estimate of drug-likeness (QED) is 0.629. The average Bonchev–Trinajstić information content (AvgIpc) is 3.34. The molecule has 3 heterocycles. The molecule has 2 aromatic carbocycles. The number of esters is 1. The zero-order chi connectivity index (χ0) is 18.5. The van der Waals surface area contributed by atoms with Gasteiger partial charge in [0.25, 0.3) is 0 Å². The van der Waals surface area contributed by atoms with Crippen LogP contribution in [0.1, 0.15) is 35.3 Å². The van der Waals surface area contributed by atoms with Crippen LogP contribution in [0.3, 0.4) is 0 Å². The smallest absolute Gasteiger partial charge is 0.309 e. The normalized spacial score (nSPS) is 23.6. The van der Waals surface area contributed by atoms with E-state index in [0.29, 0.717) is 0 Å². The Bertz CT molecular complexity index is 1030. The van der Waals surface area contributed by atoms with Crippen molar-refractivity contribution in [2.45, 2.75) is 24.7 Å². The van der Waals surface area contributed by atoms with E-state index in [2.05, 4.69) is 5.38 Å². The number of ether oxygens (including phenoxy) is 4. The van der Waals surface area contributed by atoms with Crippen molar-refractivity contribution in [1.82, 2.24) is 0 Å². The highest BCUT2D eigenvalue weighted by Gasteiger charge is 2.48. The Kier molecular flexibility index (Phi) is 3.84. The van der Waals surface area contributed by atoms with Crippen molar-refractivity contribution in [2.75, 3.05) is 14.2 Å². The first kappa shape index (κ1) is 16.6. The second-order valence-corrected chi connectivity index (χ2v) is 7.45. The molecule has 1 saturated heterocycles. The Morgan fingerprint density at radius 2 is 1.74 bits per heavy atom. The molecule has 0 radical (unpaired) electrons. The van der Waals surface area contributed by atoms with Gasteiger partial charge in [0.05, 0.1) is 20.6 Å². The summed E-state index contributed by atoms with van der Waals surface area (Å²) in [6.07, 6.45) is -0.927. The molecule has 5 rings (SSSR count). The molecule has 0 saturated carbocycles. The van der Waals surface area contributed by atoms with Crippen LogP contribution in [0.25, 0.3) is 10.8 Å². The first-order valence-electron chi connectivity index (χ1n) is 8.76. The summed E-state index contributed by atoms with van der Waals surface area (Å²) in [6, 6.07) is 9.98. The highest BCUT2D eigenvalue weighted by Crippen LogP contribution is 2.55. The molecule has 0 amide bonds. The molecule has 3 aromatic rings. The van der Waals surface area contributed by atoms with Crippen molar-refractivity contribution in [3.8, 4) is 11.5 Å². The first-order valence-corrected chi connectivity index (χ1v) is 9.70. The van der Waals surface area contributed by atoms with E-state index in [0.717, 1.165) is 39.0 Å². The van der Waals surface area contributed by atoms with Crippen LogP contribution in [-0.4, -0.2) is 26.3 Å². The molecule has 2 aliphatic rings. The van der Waals surface area contributed by atoms with Gasteiger partial charge in [-0.05, 0) is 22.4 Å². The van der Waals surface area contributed by atoms with Gasteiger partial charge >= 0.3 is 5.97 Å². The lowest BCUT2D eigenvalue weighted by Crippen LogP contribution is -2.29.